The van der Waals surface area contributed by atoms with Crippen LogP contribution in [0.2, 0.25) is 0 Å². The van der Waals surface area contributed by atoms with E-state index in [1.54, 1.807) is 0 Å². The third-order valence-electron chi connectivity index (χ3n) is 2.61. The first-order chi connectivity index (χ1) is 8.58. The molecule has 3 N–H and O–H groups in total. The molecule has 1 saturated heterocycles. The van der Waals surface area contributed by atoms with Crippen molar-refractivity contribution in [2.45, 2.75) is 6.04 Å². The molecule has 7 heteroatoms. The van der Waals surface area contributed by atoms with Crippen molar-refractivity contribution >= 4 is 11.6 Å². The van der Waals surface area contributed by atoms with E-state index in [9.17, 15) is 18.0 Å². The van der Waals surface area contributed by atoms with Crippen molar-refractivity contribution < 1.29 is 18.0 Å². The summed E-state index contributed by atoms with van der Waals surface area (Å²) in [7, 11) is 0. The van der Waals surface area contributed by atoms with E-state index in [2.05, 4.69) is 16.0 Å². The number of benzene rings is 1. The number of nitrogens with one attached hydrogen (secondary N) is 3. The lowest BCUT2D eigenvalue weighted by atomic mass is 10.2. The van der Waals surface area contributed by atoms with Gasteiger partial charge in [-0.1, -0.05) is 0 Å². The predicted molar refractivity (Wildman–Crippen MR) is 59.6 cm³/mol. The van der Waals surface area contributed by atoms with Crippen LogP contribution in [-0.4, -0.2) is 31.6 Å². The molecule has 2 rings (SSSR count). The lowest BCUT2D eigenvalue weighted by Crippen LogP contribution is -2.54. The van der Waals surface area contributed by atoms with Crippen LogP contribution in [0.4, 0.5) is 18.9 Å². The molecule has 0 spiro atoms. The van der Waals surface area contributed by atoms with Crippen LogP contribution in [0.5, 0.6) is 0 Å². The van der Waals surface area contributed by atoms with Gasteiger partial charge in [0.25, 0.3) is 0 Å². The fourth-order valence-corrected chi connectivity index (χ4v) is 1.71. The topological polar surface area (TPSA) is 53.2 Å². The molecule has 0 aromatic heterocycles. The maximum absolute atomic E-state index is 13.3. The molecule has 4 nitrogen and oxygen atoms in total. The Hall–Kier alpha value is -1.60. The van der Waals surface area contributed by atoms with Crippen LogP contribution in [0.25, 0.3) is 0 Å². The van der Waals surface area contributed by atoms with Crippen LogP contribution in [-0.2, 0) is 4.79 Å². The molecule has 1 aromatic rings. The molecule has 1 aliphatic rings. The SMILES string of the molecule is O=C(Nc1c(F)cc(F)cc1F)C1CNCCN1. The molecule has 1 aliphatic heterocycles. The van der Waals surface area contributed by atoms with Crippen LogP contribution in [0.3, 0.4) is 0 Å². The Balaban J connectivity index is 2.11. The number of hydrogen-bond donors (Lipinski definition) is 3. The zero-order valence-electron chi connectivity index (χ0n) is 9.40. The van der Waals surface area contributed by atoms with Gasteiger partial charge in [-0.3, -0.25) is 4.79 Å². The van der Waals surface area contributed by atoms with Gasteiger partial charge in [-0.2, -0.15) is 0 Å². The van der Waals surface area contributed by atoms with E-state index in [4.69, 9.17) is 0 Å². The zero-order valence-corrected chi connectivity index (χ0v) is 9.40. The first kappa shape index (κ1) is 12.8. The van der Waals surface area contributed by atoms with Crippen LogP contribution in [0.1, 0.15) is 0 Å². The molecule has 1 atom stereocenters. The highest BCUT2D eigenvalue weighted by Gasteiger charge is 2.22. The number of halogens is 3. The van der Waals surface area contributed by atoms with Gasteiger partial charge in [0, 0.05) is 31.8 Å². The number of amides is 1. The van der Waals surface area contributed by atoms with Crippen molar-refractivity contribution in [1.29, 1.82) is 0 Å². The Morgan fingerprint density at radius 1 is 1.22 bits per heavy atom. The summed E-state index contributed by atoms with van der Waals surface area (Å²) in [5, 5.41) is 7.98. The Labute approximate surface area is 102 Å². The minimum absolute atomic E-state index is 0.371. The molecule has 18 heavy (non-hydrogen) atoms. The van der Waals surface area contributed by atoms with E-state index in [1.807, 2.05) is 0 Å². The van der Waals surface area contributed by atoms with Crippen molar-refractivity contribution in [3.8, 4) is 0 Å². The minimum Gasteiger partial charge on any atom is -0.320 e. The average Bonchev–Trinajstić information content (AvgIpc) is 2.34. The highest BCUT2D eigenvalue weighted by atomic mass is 19.1. The van der Waals surface area contributed by atoms with Gasteiger partial charge in [0.05, 0.1) is 6.04 Å². The minimum atomic E-state index is -1.13. The Morgan fingerprint density at radius 2 is 1.89 bits per heavy atom. The third kappa shape index (κ3) is 2.80. The molecule has 1 aromatic carbocycles. The summed E-state index contributed by atoms with van der Waals surface area (Å²) >= 11 is 0. The zero-order chi connectivity index (χ0) is 13.1. The van der Waals surface area contributed by atoms with Gasteiger partial charge in [0.2, 0.25) is 5.91 Å². The van der Waals surface area contributed by atoms with Crippen molar-refractivity contribution in [1.82, 2.24) is 10.6 Å². The second kappa shape index (κ2) is 5.36. The Morgan fingerprint density at radius 3 is 2.44 bits per heavy atom. The number of rotatable bonds is 2. The standard InChI is InChI=1S/C11H12F3N3O/c12-6-3-7(13)10(8(14)4-6)17-11(18)9-5-15-1-2-16-9/h3-4,9,15-16H,1-2,5H2,(H,17,18). The highest BCUT2D eigenvalue weighted by Crippen LogP contribution is 2.20. The highest BCUT2D eigenvalue weighted by molar-refractivity contribution is 5.95. The first-order valence-electron chi connectivity index (χ1n) is 5.47. The Kier molecular flexibility index (Phi) is 3.83. The van der Waals surface area contributed by atoms with Crippen LogP contribution in [0.15, 0.2) is 12.1 Å². The summed E-state index contributed by atoms with van der Waals surface area (Å²) < 4.78 is 39.3. The Bertz CT molecular complexity index is 438. The largest absolute Gasteiger partial charge is 0.320 e. The van der Waals surface area contributed by atoms with Gasteiger partial charge in [-0.25, -0.2) is 13.2 Å². The summed E-state index contributed by atoms with van der Waals surface area (Å²) in [6.07, 6.45) is 0. The monoisotopic (exact) mass is 259 g/mol. The lowest BCUT2D eigenvalue weighted by molar-refractivity contribution is -0.118. The molecule has 0 saturated carbocycles. The van der Waals surface area contributed by atoms with E-state index in [0.717, 1.165) is 6.54 Å². The van der Waals surface area contributed by atoms with Crippen molar-refractivity contribution in [2.75, 3.05) is 25.0 Å². The van der Waals surface area contributed by atoms with E-state index < -0.39 is 35.1 Å². The summed E-state index contributed by atoms with van der Waals surface area (Å²) in [6, 6.07) is 0.471. The molecular formula is C11H12F3N3O. The number of hydrogen-bond acceptors (Lipinski definition) is 3. The smallest absolute Gasteiger partial charge is 0.242 e. The van der Waals surface area contributed by atoms with Gasteiger partial charge >= 0.3 is 0 Å². The predicted octanol–water partition coefficient (Wildman–Crippen LogP) is 0.604. The van der Waals surface area contributed by atoms with Gasteiger partial charge in [-0.05, 0) is 0 Å². The lowest BCUT2D eigenvalue weighted by Gasteiger charge is -2.23. The molecule has 98 valence electrons. The van der Waals surface area contributed by atoms with Crippen molar-refractivity contribution in [3.63, 3.8) is 0 Å². The molecule has 0 bridgehead atoms. The number of carbonyl (C=O) groups excluding carboxylic acids is 1. The summed E-state index contributed by atoms with van der Waals surface area (Å²) in [5.41, 5.74) is -0.631. The maximum Gasteiger partial charge on any atom is 0.242 e. The number of anilines is 1. The molecule has 1 amide bonds. The average molecular weight is 259 g/mol. The van der Waals surface area contributed by atoms with Crippen LogP contribution in [0, 0.1) is 17.5 Å². The second-order valence-corrected chi connectivity index (χ2v) is 3.94. The molecular weight excluding hydrogens is 247 g/mol. The van der Waals surface area contributed by atoms with E-state index in [0.29, 0.717) is 25.2 Å². The summed E-state index contributed by atoms with van der Waals surface area (Å²) in [4.78, 5) is 11.7. The summed E-state index contributed by atoms with van der Waals surface area (Å²) in [5.74, 6) is -3.86. The first-order valence-corrected chi connectivity index (χ1v) is 5.47. The van der Waals surface area contributed by atoms with E-state index in [1.165, 1.54) is 0 Å². The van der Waals surface area contributed by atoms with Gasteiger partial charge in [0.1, 0.15) is 11.5 Å². The van der Waals surface area contributed by atoms with Crippen LogP contribution < -0.4 is 16.0 Å². The third-order valence-corrected chi connectivity index (χ3v) is 2.61. The van der Waals surface area contributed by atoms with Crippen LogP contribution >= 0.6 is 0 Å². The fraction of sp³-hybridized carbons (Fsp3) is 0.364. The summed E-state index contributed by atoms with van der Waals surface area (Å²) in [6.45, 7) is 1.69. The molecule has 0 aliphatic carbocycles. The van der Waals surface area contributed by atoms with E-state index >= 15 is 0 Å². The van der Waals surface area contributed by atoms with Gasteiger partial charge < -0.3 is 16.0 Å². The van der Waals surface area contributed by atoms with Gasteiger partial charge in [0.15, 0.2) is 11.6 Å². The molecule has 0 radical (unpaired) electrons. The van der Waals surface area contributed by atoms with Gasteiger partial charge in [-0.15, -0.1) is 0 Å². The molecule has 1 unspecified atom stereocenters. The molecule has 1 fully saturated rings. The molecule has 1 heterocycles. The normalized spacial score (nSPS) is 19.6. The number of piperazine rings is 1. The quantitative estimate of drug-likeness (QED) is 0.729. The van der Waals surface area contributed by atoms with Crippen molar-refractivity contribution in [3.05, 3.63) is 29.6 Å². The second-order valence-electron chi connectivity index (χ2n) is 3.94. The maximum atomic E-state index is 13.3. The van der Waals surface area contributed by atoms with Crippen molar-refractivity contribution in [2.24, 2.45) is 0 Å². The fourth-order valence-electron chi connectivity index (χ4n) is 1.71. The van der Waals surface area contributed by atoms with E-state index in [-0.39, 0.29) is 0 Å². The number of carbonyl (C=O) groups is 1.